The molecule has 1 heteroatoms. The number of piperidine rings is 1. The molecule has 0 radical (unpaired) electrons. The molecule has 0 aromatic carbocycles. The van der Waals surface area contributed by atoms with Crippen LogP contribution in [-0.2, 0) is 0 Å². The summed E-state index contributed by atoms with van der Waals surface area (Å²) in [5.41, 5.74) is 0. The minimum Gasteiger partial charge on any atom is -0.300 e. The molecule has 1 aliphatic rings. The summed E-state index contributed by atoms with van der Waals surface area (Å²) in [5, 5.41) is 0. The highest BCUT2D eigenvalue weighted by atomic mass is 15.2. The first-order chi connectivity index (χ1) is 8.19. The van der Waals surface area contributed by atoms with Gasteiger partial charge in [-0.1, -0.05) is 33.3 Å². The van der Waals surface area contributed by atoms with Crippen molar-refractivity contribution >= 4 is 0 Å². The van der Waals surface area contributed by atoms with Gasteiger partial charge in [-0.15, -0.1) is 6.58 Å². The van der Waals surface area contributed by atoms with E-state index in [9.17, 15) is 0 Å². The number of likely N-dealkylation sites (tertiary alicyclic amines) is 1. The lowest BCUT2D eigenvalue weighted by Crippen LogP contribution is -2.42. The van der Waals surface area contributed by atoms with Gasteiger partial charge < -0.3 is 4.90 Å². The highest BCUT2D eigenvalue weighted by molar-refractivity contribution is 4.81. The number of hydrogen-bond donors (Lipinski definition) is 0. The van der Waals surface area contributed by atoms with Gasteiger partial charge in [0, 0.05) is 6.04 Å². The highest BCUT2D eigenvalue weighted by Crippen LogP contribution is 2.27. The van der Waals surface area contributed by atoms with Crippen LogP contribution in [0.15, 0.2) is 12.7 Å². The van der Waals surface area contributed by atoms with Gasteiger partial charge in [0.1, 0.15) is 0 Å². The Kier molecular flexibility index (Phi) is 6.87. The fourth-order valence-corrected chi connectivity index (χ4v) is 3.10. The van der Waals surface area contributed by atoms with Crippen LogP contribution in [-0.4, -0.2) is 24.0 Å². The maximum Gasteiger partial charge on any atom is 0.00981 e. The summed E-state index contributed by atoms with van der Waals surface area (Å²) in [6, 6.07) is 0.811. The van der Waals surface area contributed by atoms with Gasteiger partial charge in [0.05, 0.1) is 0 Å². The monoisotopic (exact) mass is 237 g/mol. The zero-order valence-electron chi connectivity index (χ0n) is 12.1. The zero-order chi connectivity index (χ0) is 12.7. The molecule has 17 heavy (non-hydrogen) atoms. The average Bonchev–Trinajstić information content (AvgIpc) is 2.34. The Morgan fingerprint density at radius 2 is 1.88 bits per heavy atom. The van der Waals surface area contributed by atoms with E-state index in [-0.39, 0.29) is 0 Å². The minimum atomic E-state index is 0.811. The average molecular weight is 237 g/mol. The predicted molar refractivity (Wildman–Crippen MR) is 77.3 cm³/mol. The highest BCUT2D eigenvalue weighted by Gasteiger charge is 2.25. The third-order valence-corrected chi connectivity index (χ3v) is 4.36. The van der Waals surface area contributed by atoms with Gasteiger partial charge >= 0.3 is 0 Å². The summed E-state index contributed by atoms with van der Waals surface area (Å²) in [7, 11) is 0. The van der Waals surface area contributed by atoms with Crippen molar-refractivity contribution in [3.63, 3.8) is 0 Å². The van der Waals surface area contributed by atoms with Crippen molar-refractivity contribution in [2.24, 2.45) is 11.8 Å². The topological polar surface area (TPSA) is 3.24 Å². The van der Waals surface area contributed by atoms with Crippen LogP contribution < -0.4 is 0 Å². The number of rotatable bonds is 7. The summed E-state index contributed by atoms with van der Waals surface area (Å²) >= 11 is 0. The Morgan fingerprint density at radius 1 is 1.24 bits per heavy atom. The van der Waals surface area contributed by atoms with Gasteiger partial charge in [-0.3, -0.25) is 0 Å². The first-order valence-electron chi connectivity index (χ1n) is 7.54. The number of nitrogens with zero attached hydrogens (tertiary/aromatic N) is 1. The van der Waals surface area contributed by atoms with E-state index in [1.54, 1.807) is 0 Å². The molecule has 0 aromatic rings. The molecule has 0 N–H and O–H groups in total. The molecule has 0 aliphatic carbocycles. The van der Waals surface area contributed by atoms with Crippen molar-refractivity contribution in [3.05, 3.63) is 12.7 Å². The molecule has 1 nitrogen and oxygen atoms in total. The molecule has 0 aromatic heterocycles. The van der Waals surface area contributed by atoms with Crippen LogP contribution in [0.4, 0.5) is 0 Å². The SMILES string of the molecule is C=CCCC(CCC)N1CCC(C(C)C)CC1. The molecule has 1 unspecified atom stereocenters. The standard InChI is InChI=1S/C16H31N/c1-5-7-9-16(8-6-2)17-12-10-15(11-13-17)14(3)4/h5,14-16H,1,6-13H2,2-4H3. The van der Waals surface area contributed by atoms with Crippen LogP contribution in [0.2, 0.25) is 0 Å². The molecule has 1 fully saturated rings. The number of hydrogen-bond acceptors (Lipinski definition) is 1. The first-order valence-corrected chi connectivity index (χ1v) is 7.54. The molecule has 0 bridgehead atoms. The normalized spacial score (nSPS) is 20.7. The van der Waals surface area contributed by atoms with Crippen LogP contribution in [0, 0.1) is 11.8 Å². The summed E-state index contributed by atoms with van der Waals surface area (Å²) in [6.07, 6.45) is 10.0. The van der Waals surface area contributed by atoms with Gasteiger partial charge in [0.15, 0.2) is 0 Å². The Labute approximate surface area is 108 Å². The fourth-order valence-electron chi connectivity index (χ4n) is 3.10. The first kappa shape index (κ1) is 14.8. The lowest BCUT2D eigenvalue weighted by molar-refractivity contribution is 0.105. The molecule has 1 heterocycles. The lowest BCUT2D eigenvalue weighted by atomic mass is 9.85. The van der Waals surface area contributed by atoms with Crippen LogP contribution in [0.1, 0.15) is 59.3 Å². The van der Waals surface area contributed by atoms with Gasteiger partial charge in [-0.2, -0.15) is 0 Å². The second-order valence-corrected chi connectivity index (χ2v) is 5.93. The van der Waals surface area contributed by atoms with Gasteiger partial charge in [0.2, 0.25) is 0 Å². The van der Waals surface area contributed by atoms with Crippen molar-refractivity contribution in [3.8, 4) is 0 Å². The minimum absolute atomic E-state index is 0.811. The van der Waals surface area contributed by atoms with E-state index < -0.39 is 0 Å². The Bertz CT molecular complexity index is 202. The maximum atomic E-state index is 3.85. The van der Waals surface area contributed by atoms with Crippen molar-refractivity contribution in [2.75, 3.05) is 13.1 Å². The van der Waals surface area contributed by atoms with Crippen LogP contribution >= 0.6 is 0 Å². The van der Waals surface area contributed by atoms with E-state index in [0.29, 0.717) is 0 Å². The number of allylic oxidation sites excluding steroid dienone is 1. The molecular weight excluding hydrogens is 206 g/mol. The Balaban J connectivity index is 2.39. The molecule has 0 spiro atoms. The van der Waals surface area contributed by atoms with E-state index >= 15 is 0 Å². The molecule has 1 saturated heterocycles. The van der Waals surface area contributed by atoms with Crippen molar-refractivity contribution in [1.82, 2.24) is 4.90 Å². The van der Waals surface area contributed by atoms with E-state index in [0.717, 1.165) is 17.9 Å². The molecule has 100 valence electrons. The smallest absolute Gasteiger partial charge is 0.00981 e. The Hall–Kier alpha value is -0.300. The molecule has 0 saturated carbocycles. The quantitative estimate of drug-likeness (QED) is 0.590. The van der Waals surface area contributed by atoms with E-state index in [1.165, 1.54) is 51.6 Å². The summed E-state index contributed by atoms with van der Waals surface area (Å²) < 4.78 is 0. The second-order valence-electron chi connectivity index (χ2n) is 5.93. The molecule has 1 rings (SSSR count). The third-order valence-electron chi connectivity index (χ3n) is 4.36. The van der Waals surface area contributed by atoms with Crippen molar-refractivity contribution in [1.29, 1.82) is 0 Å². The fraction of sp³-hybridized carbons (Fsp3) is 0.875. The van der Waals surface area contributed by atoms with Crippen LogP contribution in [0.5, 0.6) is 0 Å². The Morgan fingerprint density at radius 3 is 2.35 bits per heavy atom. The molecule has 1 aliphatic heterocycles. The summed E-state index contributed by atoms with van der Waals surface area (Å²) in [5.74, 6) is 1.84. The third kappa shape index (κ3) is 4.83. The van der Waals surface area contributed by atoms with Crippen LogP contribution in [0.25, 0.3) is 0 Å². The van der Waals surface area contributed by atoms with E-state index in [4.69, 9.17) is 0 Å². The molecule has 0 amide bonds. The van der Waals surface area contributed by atoms with Gasteiger partial charge in [-0.05, 0) is 57.0 Å². The van der Waals surface area contributed by atoms with Gasteiger partial charge in [0.25, 0.3) is 0 Å². The van der Waals surface area contributed by atoms with E-state index in [1.807, 2.05) is 0 Å². The van der Waals surface area contributed by atoms with Gasteiger partial charge in [-0.25, -0.2) is 0 Å². The van der Waals surface area contributed by atoms with E-state index in [2.05, 4.69) is 38.3 Å². The second kappa shape index (κ2) is 7.92. The van der Waals surface area contributed by atoms with Crippen molar-refractivity contribution < 1.29 is 0 Å². The lowest BCUT2D eigenvalue weighted by Gasteiger charge is -2.39. The van der Waals surface area contributed by atoms with Crippen LogP contribution in [0.3, 0.4) is 0 Å². The molecule has 1 atom stereocenters. The largest absolute Gasteiger partial charge is 0.300 e. The van der Waals surface area contributed by atoms with Crippen molar-refractivity contribution in [2.45, 2.75) is 65.3 Å². The molecular formula is C16H31N. The summed E-state index contributed by atoms with van der Waals surface area (Å²) in [4.78, 5) is 2.74. The zero-order valence-corrected chi connectivity index (χ0v) is 12.1. The summed E-state index contributed by atoms with van der Waals surface area (Å²) in [6.45, 7) is 13.6. The predicted octanol–water partition coefficient (Wildman–Crippen LogP) is 4.49. The maximum absolute atomic E-state index is 3.85.